The Kier molecular flexibility index (Phi) is 11.4. The molecule has 1 aromatic rings. The molecule has 0 saturated carbocycles. The summed E-state index contributed by atoms with van der Waals surface area (Å²) >= 11 is 0. The summed E-state index contributed by atoms with van der Waals surface area (Å²) in [6.45, 7) is 2.97. The van der Waals surface area contributed by atoms with Crippen LogP contribution in [0.3, 0.4) is 0 Å². The van der Waals surface area contributed by atoms with Gasteiger partial charge < -0.3 is 9.84 Å². The van der Waals surface area contributed by atoms with Gasteiger partial charge in [-0.3, -0.25) is 4.79 Å². The van der Waals surface area contributed by atoms with Crippen molar-refractivity contribution in [1.82, 2.24) is 0 Å². The van der Waals surface area contributed by atoms with Crippen LogP contribution in [0.4, 0.5) is 0 Å². The Morgan fingerprint density at radius 3 is 1.97 bits per heavy atom. The molecule has 1 aliphatic rings. The molecule has 2 rings (SSSR count). The van der Waals surface area contributed by atoms with Crippen molar-refractivity contribution < 1.29 is 14.6 Å². The summed E-state index contributed by atoms with van der Waals surface area (Å²) in [5, 5.41) is 9.81. The average Bonchev–Trinajstić information content (AvgIpc) is 2.78. The minimum atomic E-state index is -0.982. The number of aliphatic carboxylic acids is 1. The van der Waals surface area contributed by atoms with E-state index in [4.69, 9.17) is 4.74 Å². The summed E-state index contributed by atoms with van der Waals surface area (Å²) in [5.41, 5.74) is -0.172. The fraction of sp³-hybridized carbons (Fsp3) is 0.593. The summed E-state index contributed by atoms with van der Waals surface area (Å²) < 4.78 is 5.87. The van der Waals surface area contributed by atoms with Crippen LogP contribution in [-0.4, -0.2) is 17.7 Å². The van der Waals surface area contributed by atoms with Crippen LogP contribution in [0.5, 0.6) is 0 Å². The van der Waals surface area contributed by atoms with Crippen LogP contribution in [0.25, 0.3) is 0 Å². The topological polar surface area (TPSA) is 46.5 Å². The lowest BCUT2D eigenvalue weighted by Gasteiger charge is -2.28. The highest BCUT2D eigenvalue weighted by atomic mass is 16.5. The predicted octanol–water partition coefficient (Wildman–Crippen LogP) is 7.57. The number of carboxylic acids is 1. The van der Waals surface area contributed by atoms with Crippen LogP contribution in [0.2, 0.25) is 0 Å². The largest absolute Gasteiger partial charge is 0.494 e. The number of ether oxygens (including phenoxy) is 1. The number of benzene rings is 1. The van der Waals surface area contributed by atoms with Crippen LogP contribution in [0.15, 0.2) is 54.3 Å². The number of allylic oxidation sites excluding steroid dienone is 2. The molecule has 0 heterocycles. The van der Waals surface area contributed by atoms with Gasteiger partial charge in [0.25, 0.3) is 0 Å². The van der Waals surface area contributed by atoms with E-state index in [-0.39, 0.29) is 0 Å². The smallest absolute Gasteiger partial charge is 0.318 e. The molecular weight excluding hydrogens is 372 g/mol. The van der Waals surface area contributed by atoms with Crippen molar-refractivity contribution in [2.75, 3.05) is 6.61 Å². The minimum absolute atomic E-state index is 0.427. The summed E-state index contributed by atoms with van der Waals surface area (Å²) in [6.07, 6.45) is 21.9. The summed E-state index contributed by atoms with van der Waals surface area (Å²) in [6, 6.07) is 9.44. The molecule has 1 aromatic carbocycles. The number of carboxylic acid groups (broad SMARTS) is 1. The number of unbranched alkanes of at least 4 members (excludes halogenated alkanes) is 11. The van der Waals surface area contributed by atoms with Gasteiger partial charge in [-0.2, -0.15) is 0 Å². The molecule has 0 aliphatic heterocycles. The molecule has 3 nitrogen and oxygen atoms in total. The van der Waals surface area contributed by atoms with Crippen molar-refractivity contribution in [3.63, 3.8) is 0 Å². The van der Waals surface area contributed by atoms with Crippen molar-refractivity contribution in [3.05, 3.63) is 59.9 Å². The van der Waals surface area contributed by atoms with E-state index in [0.29, 0.717) is 13.0 Å². The molecular formula is C27H40O3. The van der Waals surface area contributed by atoms with E-state index in [1.165, 1.54) is 70.6 Å². The van der Waals surface area contributed by atoms with E-state index < -0.39 is 11.4 Å². The fourth-order valence-corrected chi connectivity index (χ4v) is 4.09. The summed E-state index contributed by atoms with van der Waals surface area (Å²) in [4.78, 5) is 11.9. The molecule has 1 N–H and O–H groups in total. The van der Waals surface area contributed by atoms with Gasteiger partial charge in [-0.05, 0) is 30.6 Å². The minimum Gasteiger partial charge on any atom is -0.494 e. The third kappa shape index (κ3) is 8.01. The first-order chi connectivity index (χ1) is 14.7. The van der Waals surface area contributed by atoms with E-state index in [0.717, 1.165) is 17.7 Å². The highest BCUT2D eigenvalue weighted by molar-refractivity contribution is 5.85. The molecule has 1 atom stereocenters. The van der Waals surface area contributed by atoms with Crippen LogP contribution >= 0.6 is 0 Å². The van der Waals surface area contributed by atoms with Gasteiger partial charge in [-0.15, -0.1) is 0 Å². The summed E-state index contributed by atoms with van der Waals surface area (Å²) in [5.74, 6) is -0.0212. The Balaban J connectivity index is 1.55. The third-order valence-electron chi connectivity index (χ3n) is 6.09. The molecule has 0 radical (unpaired) electrons. The van der Waals surface area contributed by atoms with E-state index in [9.17, 15) is 9.90 Å². The molecule has 1 unspecified atom stereocenters. The Bertz CT molecular complexity index is 662. The number of rotatable bonds is 16. The van der Waals surface area contributed by atoms with E-state index in [2.05, 4.69) is 6.92 Å². The fourth-order valence-electron chi connectivity index (χ4n) is 4.09. The molecule has 0 aromatic heterocycles. The van der Waals surface area contributed by atoms with Crippen LogP contribution in [0, 0.1) is 0 Å². The molecule has 0 bridgehead atoms. The molecule has 166 valence electrons. The zero-order valence-corrected chi connectivity index (χ0v) is 18.8. The Morgan fingerprint density at radius 1 is 0.900 bits per heavy atom. The van der Waals surface area contributed by atoms with Gasteiger partial charge in [-0.25, -0.2) is 0 Å². The van der Waals surface area contributed by atoms with Gasteiger partial charge in [0.15, 0.2) is 0 Å². The number of hydrogen-bond acceptors (Lipinski definition) is 2. The Hall–Kier alpha value is -2.03. The van der Waals surface area contributed by atoms with E-state index in [1.54, 1.807) is 6.08 Å². The quantitative estimate of drug-likeness (QED) is 0.285. The molecule has 1 aliphatic carbocycles. The monoisotopic (exact) mass is 412 g/mol. The Morgan fingerprint density at radius 2 is 1.47 bits per heavy atom. The lowest BCUT2D eigenvalue weighted by atomic mass is 9.75. The normalized spacial score (nSPS) is 18.2. The first kappa shape index (κ1) is 24.2. The lowest BCUT2D eigenvalue weighted by molar-refractivity contribution is -0.141. The molecule has 30 heavy (non-hydrogen) atoms. The van der Waals surface area contributed by atoms with Crippen LogP contribution in [-0.2, 0) is 14.9 Å². The maximum absolute atomic E-state index is 11.9. The second kappa shape index (κ2) is 14.1. The van der Waals surface area contributed by atoms with Crippen LogP contribution < -0.4 is 0 Å². The number of hydrogen-bond donors (Lipinski definition) is 1. The second-order valence-electron chi connectivity index (χ2n) is 8.52. The molecule has 0 fully saturated rings. The van der Waals surface area contributed by atoms with Crippen molar-refractivity contribution in [2.45, 2.75) is 95.8 Å². The van der Waals surface area contributed by atoms with Gasteiger partial charge in [0.2, 0.25) is 0 Å². The highest BCUT2D eigenvalue weighted by Crippen LogP contribution is 2.34. The van der Waals surface area contributed by atoms with Gasteiger partial charge in [0.05, 0.1) is 6.61 Å². The average molecular weight is 413 g/mol. The first-order valence-electron chi connectivity index (χ1n) is 12.0. The zero-order chi connectivity index (χ0) is 21.5. The maximum atomic E-state index is 11.9. The zero-order valence-electron chi connectivity index (χ0n) is 18.8. The number of carbonyl (C=O) groups is 1. The standard InChI is InChI=1S/C27H40O3/c1-2-3-4-5-6-7-8-9-10-11-12-16-23-30-25-19-21-27(22-20-25,26(28)29)24-17-14-13-15-18-24/h13-15,17-21H,2-12,16,22-23H2,1H3,(H,28,29). The SMILES string of the molecule is CCCCCCCCCCCCCCOC1=CCC(C(=O)O)(c2ccccc2)C=C1. The Labute approximate surface area is 183 Å². The van der Waals surface area contributed by atoms with Gasteiger partial charge >= 0.3 is 5.97 Å². The molecule has 0 saturated heterocycles. The molecule has 3 heteroatoms. The van der Waals surface area contributed by atoms with Gasteiger partial charge in [-0.1, -0.05) is 114 Å². The molecule has 0 amide bonds. The highest BCUT2D eigenvalue weighted by Gasteiger charge is 2.38. The molecule has 0 spiro atoms. The maximum Gasteiger partial charge on any atom is 0.318 e. The van der Waals surface area contributed by atoms with Crippen molar-refractivity contribution in [1.29, 1.82) is 0 Å². The van der Waals surface area contributed by atoms with E-state index >= 15 is 0 Å². The van der Waals surface area contributed by atoms with Gasteiger partial charge in [0.1, 0.15) is 11.2 Å². The van der Waals surface area contributed by atoms with E-state index in [1.807, 2.05) is 42.5 Å². The first-order valence-corrected chi connectivity index (χ1v) is 12.0. The third-order valence-corrected chi connectivity index (χ3v) is 6.09. The van der Waals surface area contributed by atoms with Crippen molar-refractivity contribution in [2.24, 2.45) is 0 Å². The second-order valence-corrected chi connectivity index (χ2v) is 8.52. The predicted molar refractivity (Wildman–Crippen MR) is 125 cm³/mol. The summed E-state index contributed by atoms with van der Waals surface area (Å²) in [7, 11) is 0. The van der Waals surface area contributed by atoms with Crippen LogP contribution in [0.1, 0.15) is 96.0 Å². The van der Waals surface area contributed by atoms with Crippen molar-refractivity contribution >= 4 is 5.97 Å². The van der Waals surface area contributed by atoms with Gasteiger partial charge in [0, 0.05) is 0 Å². The van der Waals surface area contributed by atoms with Crippen molar-refractivity contribution in [3.8, 4) is 0 Å². The lowest BCUT2D eigenvalue weighted by Crippen LogP contribution is -2.34.